The van der Waals surface area contributed by atoms with Crippen LogP contribution in [-0.2, 0) is 6.18 Å². The van der Waals surface area contributed by atoms with Gasteiger partial charge < -0.3 is 0 Å². The highest BCUT2D eigenvalue weighted by molar-refractivity contribution is 9.10. The van der Waals surface area contributed by atoms with Gasteiger partial charge in [0.15, 0.2) is 0 Å². The molecule has 0 unspecified atom stereocenters. The van der Waals surface area contributed by atoms with Crippen molar-refractivity contribution in [2.75, 3.05) is 13.1 Å². The van der Waals surface area contributed by atoms with Crippen LogP contribution in [0.2, 0.25) is 0 Å². The van der Waals surface area contributed by atoms with E-state index in [0.717, 1.165) is 17.7 Å². The summed E-state index contributed by atoms with van der Waals surface area (Å²) in [6.07, 6.45) is -4.36. The van der Waals surface area contributed by atoms with Gasteiger partial charge in [0.25, 0.3) is 0 Å². The summed E-state index contributed by atoms with van der Waals surface area (Å²) in [4.78, 5) is 2.20. The van der Waals surface area contributed by atoms with Crippen LogP contribution in [0.25, 0.3) is 0 Å². The van der Waals surface area contributed by atoms with Crippen molar-refractivity contribution in [1.29, 1.82) is 5.26 Å². The number of nitrogens with zero attached hydrogens (tertiary/aromatic N) is 2. The van der Waals surface area contributed by atoms with E-state index >= 15 is 0 Å². The molecule has 1 aliphatic heterocycles. The first-order chi connectivity index (χ1) is 10.0. The summed E-state index contributed by atoms with van der Waals surface area (Å²) in [7, 11) is 0. The summed E-state index contributed by atoms with van der Waals surface area (Å²) >= 11 is 3.25. The molecule has 0 aromatic heterocycles. The lowest BCUT2D eigenvalue weighted by molar-refractivity contribution is -0.137. The fourth-order valence-electron chi connectivity index (χ4n) is 2.80. The molecule has 1 fully saturated rings. The fourth-order valence-corrected chi connectivity index (χ4v) is 3.47. The van der Waals surface area contributed by atoms with Gasteiger partial charge in [0.2, 0.25) is 0 Å². The summed E-state index contributed by atoms with van der Waals surface area (Å²) in [5.74, 6) is -0.298. The molecular weight excluding hydrogens is 357 g/mol. The highest BCUT2D eigenvalue weighted by Crippen LogP contribution is 2.40. The van der Waals surface area contributed by atoms with Crippen LogP contribution in [0.15, 0.2) is 22.7 Å². The zero-order chi connectivity index (χ0) is 16.7. The van der Waals surface area contributed by atoms with Crippen molar-refractivity contribution in [3.63, 3.8) is 0 Å². The van der Waals surface area contributed by atoms with E-state index < -0.39 is 11.7 Å². The lowest BCUT2D eigenvalue weighted by atomic mass is 9.89. The molecule has 0 bridgehead atoms. The minimum Gasteiger partial charge on any atom is -0.297 e. The monoisotopic (exact) mass is 374 g/mol. The molecule has 2 nitrogen and oxygen atoms in total. The van der Waals surface area contributed by atoms with Gasteiger partial charge in [0, 0.05) is 29.0 Å². The Balaban J connectivity index is 2.33. The van der Waals surface area contributed by atoms with Crippen LogP contribution >= 0.6 is 15.9 Å². The first-order valence-electron chi connectivity index (χ1n) is 7.05. The maximum absolute atomic E-state index is 12.8. The molecule has 120 valence electrons. The lowest BCUT2D eigenvalue weighted by Gasteiger charge is -2.31. The van der Waals surface area contributed by atoms with E-state index in [2.05, 4.69) is 47.7 Å². The van der Waals surface area contributed by atoms with Crippen LogP contribution in [0.3, 0.4) is 0 Å². The Morgan fingerprint density at radius 3 is 2.32 bits per heavy atom. The van der Waals surface area contributed by atoms with Gasteiger partial charge in [-0.15, -0.1) is 0 Å². The molecule has 1 aliphatic rings. The second kappa shape index (κ2) is 5.86. The molecule has 6 heteroatoms. The Bertz CT molecular complexity index is 599. The fraction of sp³-hybridized carbons (Fsp3) is 0.562. The highest BCUT2D eigenvalue weighted by atomic mass is 79.9. The van der Waals surface area contributed by atoms with E-state index in [1.54, 1.807) is 0 Å². The smallest absolute Gasteiger partial charge is 0.297 e. The molecule has 2 atom stereocenters. The van der Waals surface area contributed by atoms with Crippen molar-refractivity contribution >= 4 is 15.9 Å². The van der Waals surface area contributed by atoms with Crippen LogP contribution < -0.4 is 0 Å². The van der Waals surface area contributed by atoms with Gasteiger partial charge in [-0.3, -0.25) is 4.90 Å². The number of nitriles is 1. The molecule has 0 aliphatic carbocycles. The van der Waals surface area contributed by atoms with Crippen molar-refractivity contribution in [3.8, 4) is 6.07 Å². The first-order valence-corrected chi connectivity index (χ1v) is 7.84. The van der Waals surface area contributed by atoms with E-state index in [4.69, 9.17) is 0 Å². The minimum atomic E-state index is -4.36. The molecule has 2 rings (SSSR count). The number of rotatable bonds is 1. The standard InChI is InChI=1S/C16H18BrF3N2/c1-15(2,3)22-8-10(7-21)13(9-22)12-5-4-11(6-14(12)17)16(18,19)20/h4-6,10,13H,8-9H2,1-3H3/t10-,13-/m0/s1. The number of likely N-dealkylation sites (tertiary alicyclic amines) is 1. The third kappa shape index (κ3) is 3.47. The van der Waals surface area contributed by atoms with E-state index in [-0.39, 0.29) is 17.4 Å². The predicted octanol–water partition coefficient (Wildman–Crippen LogP) is 4.81. The Hall–Kier alpha value is -1.06. The minimum absolute atomic E-state index is 0.0672. The molecule has 0 amide bonds. The lowest BCUT2D eigenvalue weighted by Crippen LogP contribution is -2.39. The maximum Gasteiger partial charge on any atom is 0.416 e. The summed E-state index contributed by atoms with van der Waals surface area (Å²) in [6, 6.07) is 5.99. The molecule has 22 heavy (non-hydrogen) atoms. The van der Waals surface area contributed by atoms with Crippen LogP contribution in [0.1, 0.15) is 37.8 Å². The number of halogens is 4. The van der Waals surface area contributed by atoms with Gasteiger partial charge in [-0.1, -0.05) is 22.0 Å². The molecule has 1 aromatic carbocycles. The maximum atomic E-state index is 12.8. The molecule has 0 radical (unpaired) electrons. The topological polar surface area (TPSA) is 27.0 Å². The van der Waals surface area contributed by atoms with Gasteiger partial charge >= 0.3 is 6.18 Å². The van der Waals surface area contributed by atoms with Gasteiger partial charge in [-0.05, 0) is 38.5 Å². The number of alkyl halides is 3. The Morgan fingerprint density at radius 1 is 1.23 bits per heavy atom. The van der Waals surface area contributed by atoms with Crippen LogP contribution in [-0.4, -0.2) is 23.5 Å². The Morgan fingerprint density at radius 2 is 1.86 bits per heavy atom. The second-order valence-corrected chi connectivity index (χ2v) is 7.51. The van der Waals surface area contributed by atoms with Crippen molar-refractivity contribution in [3.05, 3.63) is 33.8 Å². The normalized spacial score (nSPS) is 23.5. The third-order valence-corrected chi connectivity index (χ3v) is 4.85. The number of hydrogen-bond donors (Lipinski definition) is 0. The van der Waals surface area contributed by atoms with E-state index in [0.29, 0.717) is 17.6 Å². The average Bonchev–Trinajstić information content (AvgIpc) is 2.81. The first kappa shape index (κ1) is 17.3. The van der Waals surface area contributed by atoms with E-state index in [1.165, 1.54) is 6.07 Å². The average molecular weight is 375 g/mol. The molecule has 1 aromatic rings. The summed E-state index contributed by atoms with van der Waals surface area (Å²) in [6.45, 7) is 7.53. The molecule has 1 heterocycles. The van der Waals surface area contributed by atoms with Gasteiger partial charge in [0.05, 0.1) is 17.6 Å². The number of benzene rings is 1. The predicted molar refractivity (Wildman–Crippen MR) is 82.3 cm³/mol. The number of hydrogen-bond acceptors (Lipinski definition) is 2. The summed E-state index contributed by atoms with van der Waals surface area (Å²) in [5, 5.41) is 9.38. The molecule has 0 N–H and O–H groups in total. The van der Waals surface area contributed by atoms with Crippen molar-refractivity contribution in [2.45, 2.75) is 38.4 Å². The molecule has 0 saturated carbocycles. The van der Waals surface area contributed by atoms with Gasteiger partial charge in [-0.25, -0.2) is 0 Å². The van der Waals surface area contributed by atoms with Crippen LogP contribution in [0.5, 0.6) is 0 Å². The molecule has 1 saturated heterocycles. The van der Waals surface area contributed by atoms with E-state index in [1.807, 2.05) is 0 Å². The van der Waals surface area contributed by atoms with Gasteiger partial charge in [0.1, 0.15) is 0 Å². The summed E-state index contributed by atoms with van der Waals surface area (Å²) < 4.78 is 38.7. The van der Waals surface area contributed by atoms with Crippen molar-refractivity contribution in [2.24, 2.45) is 5.92 Å². The quantitative estimate of drug-likeness (QED) is 0.705. The Kier molecular flexibility index (Phi) is 4.61. The zero-order valence-corrected chi connectivity index (χ0v) is 14.3. The molecular formula is C16H18BrF3N2. The van der Waals surface area contributed by atoms with E-state index in [9.17, 15) is 18.4 Å². The van der Waals surface area contributed by atoms with Crippen LogP contribution in [0, 0.1) is 17.2 Å². The van der Waals surface area contributed by atoms with Crippen LogP contribution in [0.4, 0.5) is 13.2 Å². The van der Waals surface area contributed by atoms with Crippen molar-refractivity contribution < 1.29 is 13.2 Å². The second-order valence-electron chi connectivity index (χ2n) is 6.65. The zero-order valence-electron chi connectivity index (χ0n) is 12.7. The SMILES string of the molecule is CC(C)(C)N1C[C@H](c2ccc(C(F)(F)F)cc2Br)[C@@H](C#N)C1. The Labute approximate surface area is 137 Å². The highest BCUT2D eigenvalue weighted by Gasteiger charge is 2.40. The molecule has 0 spiro atoms. The third-order valence-electron chi connectivity index (χ3n) is 4.16. The van der Waals surface area contributed by atoms with Crippen molar-refractivity contribution in [1.82, 2.24) is 4.90 Å². The largest absolute Gasteiger partial charge is 0.416 e. The summed E-state index contributed by atoms with van der Waals surface area (Å²) in [5.41, 5.74) is 0.0241. The van der Waals surface area contributed by atoms with Gasteiger partial charge in [-0.2, -0.15) is 18.4 Å².